The molecule has 0 unspecified atom stereocenters. The second-order valence-electron chi connectivity index (χ2n) is 6.36. The molecule has 0 saturated heterocycles. The van der Waals surface area contributed by atoms with Crippen LogP contribution >= 0.6 is 0 Å². The van der Waals surface area contributed by atoms with Gasteiger partial charge in [-0.15, -0.1) is 0 Å². The van der Waals surface area contributed by atoms with Crippen molar-refractivity contribution >= 4 is 27.4 Å². The third-order valence-corrected chi connectivity index (χ3v) is 5.27. The number of aryl methyl sites for hydroxylation is 1. The summed E-state index contributed by atoms with van der Waals surface area (Å²) in [4.78, 5) is 24.8. The highest BCUT2D eigenvalue weighted by Gasteiger charge is 2.22. The number of carbonyl (C=O) groups excluding carboxylic acids is 2. The molecule has 0 aliphatic rings. The molecule has 0 radical (unpaired) electrons. The minimum Gasteiger partial charge on any atom is -0.493 e. The molecule has 0 spiro atoms. The lowest BCUT2D eigenvalue weighted by molar-refractivity contribution is -0.123. The Labute approximate surface area is 169 Å². The van der Waals surface area contributed by atoms with Crippen LogP contribution in [0.1, 0.15) is 22.8 Å². The third-order valence-electron chi connectivity index (χ3n) is 4.16. The lowest BCUT2D eigenvalue weighted by Crippen LogP contribution is -2.30. The van der Waals surface area contributed by atoms with Crippen LogP contribution in [0, 0.1) is 6.92 Å². The summed E-state index contributed by atoms with van der Waals surface area (Å²) >= 11 is 0. The summed E-state index contributed by atoms with van der Waals surface area (Å²) in [6.45, 7) is 3.07. The number of methoxy groups -OCH3 is 2. The lowest BCUT2D eigenvalue weighted by Gasteiger charge is -2.16. The first-order chi connectivity index (χ1) is 13.6. The number of ether oxygens (including phenoxy) is 3. The SMILES string of the molecule is COc1ccc(NC(=O)[C@H](C)OC(=O)c2cc(S(C)(=O)=O)ccc2C)cc1OC. The Morgan fingerprint density at radius 1 is 1.00 bits per heavy atom. The number of hydrogen-bond donors (Lipinski definition) is 1. The molecule has 0 aliphatic carbocycles. The molecule has 1 atom stereocenters. The molecule has 8 nitrogen and oxygen atoms in total. The maximum Gasteiger partial charge on any atom is 0.339 e. The van der Waals surface area contributed by atoms with Crippen molar-refractivity contribution in [3.63, 3.8) is 0 Å². The molecule has 156 valence electrons. The summed E-state index contributed by atoms with van der Waals surface area (Å²) in [5.41, 5.74) is 1.05. The van der Waals surface area contributed by atoms with E-state index in [1.54, 1.807) is 25.1 Å². The van der Waals surface area contributed by atoms with Crippen LogP contribution in [0.2, 0.25) is 0 Å². The van der Waals surface area contributed by atoms with Gasteiger partial charge in [-0.3, -0.25) is 4.79 Å². The Morgan fingerprint density at radius 2 is 1.66 bits per heavy atom. The second-order valence-corrected chi connectivity index (χ2v) is 8.37. The molecule has 0 heterocycles. The van der Waals surface area contributed by atoms with E-state index in [9.17, 15) is 18.0 Å². The second kappa shape index (κ2) is 8.95. The van der Waals surface area contributed by atoms with E-state index in [0.29, 0.717) is 22.7 Å². The summed E-state index contributed by atoms with van der Waals surface area (Å²) in [5.74, 6) is -0.403. The molecule has 0 aromatic heterocycles. The number of hydrogen-bond acceptors (Lipinski definition) is 7. The zero-order valence-corrected chi connectivity index (χ0v) is 17.6. The summed E-state index contributed by atoms with van der Waals surface area (Å²) < 4.78 is 39.0. The number of nitrogens with one attached hydrogen (secondary N) is 1. The zero-order chi connectivity index (χ0) is 21.8. The Morgan fingerprint density at radius 3 is 2.24 bits per heavy atom. The van der Waals surface area contributed by atoms with Crippen LogP contribution in [-0.2, 0) is 19.4 Å². The highest BCUT2D eigenvalue weighted by atomic mass is 32.2. The van der Waals surface area contributed by atoms with Gasteiger partial charge in [-0.25, -0.2) is 13.2 Å². The van der Waals surface area contributed by atoms with Crippen molar-refractivity contribution < 1.29 is 32.2 Å². The van der Waals surface area contributed by atoms with Crippen LogP contribution in [0.4, 0.5) is 5.69 Å². The third kappa shape index (κ3) is 5.47. The highest BCUT2D eigenvalue weighted by Crippen LogP contribution is 2.29. The minimum absolute atomic E-state index is 0.00233. The molecular weight excluding hydrogens is 398 g/mol. The van der Waals surface area contributed by atoms with Crippen molar-refractivity contribution in [1.29, 1.82) is 0 Å². The number of benzene rings is 2. The van der Waals surface area contributed by atoms with Crippen LogP contribution in [0.3, 0.4) is 0 Å². The summed E-state index contributed by atoms with van der Waals surface area (Å²) in [5, 5.41) is 2.63. The van der Waals surface area contributed by atoms with Gasteiger partial charge in [-0.1, -0.05) is 6.07 Å². The fourth-order valence-electron chi connectivity index (χ4n) is 2.49. The normalized spacial score (nSPS) is 12.0. The van der Waals surface area contributed by atoms with Crippen LogP contribution in [-0.4, -0.2) is 46.9 Å². The molecule has 2 aromatic carbocycles. The van der Waals surface area contributed by atoms with Gasteiger partial charge < -0.3 is 19.5 Å². The van der Waals surface area contributed by atoms with E-state index >= 15 is 0 Å². The standard InChI is InChI=1S/C20H23NO7S/c1-12-6-8-15(29(5,24)25)11-16(12)20(23)28-13(2)19(22)21-14-7-9-17(26-3)18(10-14)27-4/h6-11,13H,1-5H3,(H,21,22)/t13-/m0/s1. The highest BCUT2D eigenvalue weighted by molar-refractivity contribution is 7.90. The molecule has 2 aromatic rings. The Kier molecular flexibility index (Phi) is 6.86. The molecule has 29 heavy (non-hydrogen) atoms. The van der Waals surface area contributed by atoms with E-state index in [2.05, 4.69) is 5.32 Å². The topological polar surface area (TPSA) is 108 Å². The molecule has 9 heteroatoms. The van der Waals surface area contributed by atoms with E-state index in [0.717, 1.165) is 6.26 Å². The minimum atomic E-state index is -3.48. The van der Waals surface area contributed by atoms with Crippen molar-refractivity contribution in [2.24, 2.45) is 0 Å². The van der Waals surface area contributed by atoms with E-state index in [1.807, 2.05) is 0 Å². The fraction of sp³-hybridized carbons (Fsp3) is 0.300. The number of anilines is 1. The average Bonchev–Trinajstić information content (AvgIpc) is 2.66. The molecule has 1 N–H and O–H groups in total. The average molecular weight is 421 g/mol. The summed E-state index contributed by atoms with van der Waals surface area (Å²) in [6, 6.07) is 8.99. The van der Waals surface area contributed by atoms with Gasteiger partial charge in [0.25, 0.3) is 5.91 Å². The van der Waals surface area contributed by atoms with Crippen molar-refractivity contribution in [2.75, 3.05) is 25.8 Å². The van der Waals surface area contributed by atoms with Crippen molar-refractivity contribution in [1.82, 2.24) is 0 Å². The summed E-state index contributed by atoms with van der Waals surface area (Å²) in [7, 11) is -0.511. The van der Waals surface area contributed by atoms with Crippen molar-refractivity contribution in [3.05, 3.63) is 47.5 Å². The number of rotatable bonds is 7. The first-order valence-electron chi connectivity index (χ1n) is 8.61. The first-order valence-corrected chi connectivity index (χ1v) is 10.5. The van der Waals surface area contributed by atoms with E-state index < -0.39 is 27.8 Å². The number of amides is 1. The molecule has 0 saturated carbocycles. The maximum atomic E-state index is 12.5. The fourth-order valence-corrected chi connectivity index (χ4v) is 3.13. The molecule has 0 bridgehead atoms. The zero-order valence-electron chi connectivity index (χ0n) is 16.8. The van der Waals surface area contributed by atoms with Crippen LogP contribution < -0.4 is 14.8 Å². The Hall–Kier alpha value is -3.07. The quantitative estimate of drug-likeness (QED) is 0.685. The Bertz CT molecular complexity index is 1030. The van der Waals surface area contributed by atoms with Gasteiger partial charge in [0.15, 0.2) is 27.4 Å². The van der Waals surface area contributed by atoms with Gasteiger partial charge in [0.05, 0.1) is 24.7 Å². The largest absolute Gasteiger partial charge is 0.493 e. The van der Waals surface area contributed by atoms with Gasteiger partial charge in [-0.2, -0.15) is 0 Å². The molecule has 1 amide bonds. The monoisotopic (exact) mass is 421 g/mol. The smallest absolute Gasteiger partial charge is 0.339 e. The van der Waals surface area contributed by atoms with Crippen molar-refractivity contribution in [2.45, 2.75) is 24.8 Å². The first kappa shape index (κ1) is 22.2. The number of esters is 1. The molecule has 2 rings (SSSR count). The predicted molar refractivity (Wildman–Crippen MR) is 107 cm³/mol. The number of sulfone groups is 1. The summed E-state index contributed by atoms with van der Waals surface area (Å²) in [6.07, 6.45) is -0.0664. The van der Waals surface area contributed by atoms with Gasteiger partial charge >= 0.3 is 5.97 Å². The molecule has 0 aliphatic heterocycles. The van der Waals surface area contributed by atoms with Crippen LogP contribution in [0.25, 0.3) is 0 Å². The van der Waals surface area contributed by atoms with Crippen LogP contribution in [0.5, 0.6) is 11.5 Å². The lowest BCUT2D eigenvalue weighted by atomic mass is 10.1. The van der Waals surface area contributed by atoms with E-state index in [1.165, 1.54) is 39.3 Å². The maximum absolute atomic E-state index is 12.5. The van der Waals surface area contributed by atoms with Gasteiger partial charge in [0.2, 0.25) is 0 Å². The van der Waals surface area contributed by atoms with Gasteiger partial charge in [0.1, 0.15) is 0 Å². The number of carbonyl (C=O) groups is 2. The predicted octanol–water partition coefficient (Wildman–Crippen LogP) is 2.60. The molecular formula is C20H23NO7S. The molecule has 0 fully saturated rings. The van der Waals surface area contributed by atoms with Crippen LogP contribution in [0.15, 0.2) is 41.3 Å². The van der Waals surface area contributed by atoms with Gasteiger partial charge in [0, 0.05) is 18.0 Å². The van der Waals surface area contributed by atoms with E-state index in [-0.39, 0.29) is 10.5 Å². The van der Waals surface area contributed by atoms with E-state index in [4.69, 9.17) is 14.2 Å². The van der Waals surface area contributed by atoms with Crippen molar-refractivity contribution in [3.8, 4) is 11.5 Å². The Balaban J connectivity index is 2.13. The van der Waals surface area contributed by atoms with Gasteiger partial charge in [-0.05, 0) is 43.7 Å².